The topological polar surface area (TPSA) is 79.5 Å². The van der Waals surface area contributed by atoms with Gasteiger partial charge in [-0.2, -0.15) is 0 Å². The van der Waals surface area contributed by atoms with Crippen molar-refractivity contribution in [2.75, 3.05) is 6.54 Å². The minimum absolute atomic E-state index is 0.0145. The van der Waals surface area contributed by atoms with E-state index in [-0.39, 0.29) is 35.4 Å². The molecule has 1 unspecified atom stereocenters. The molecule has 158 valence electrons. The molecular formula is C24H30N4O2. The van der Waals surface area contributed by atoms with Crippen LogP contribution in [0.5, 0.6) is 0 Å². The van der Waals surface area contributed by atoms with E-state index >= 15 is 0 Å². The Morgan fingerprint density at radius 1 is 1.10 bits per heavy atom. The second-order valence-corrected chi connectivity index (χ2v) is 9.54. The Hall–Kier alpha value is -2.73. The zero-order valence-electron chi connectivity index (χ0n) is 18.1. The number of carbonyl (C=O) groups is 2. The fourth-order valence-corrected chi connectivity index (χ4v) is 4.63. The highest BCUT2D eigenvalue weighted by atomic mass is 16.2. The number of benzene rings is 1. The van der Waals surface area contributed by atoms with Crippen LogP contribution in [0.2, 0.25) is 0 Å². The largest absolute Gasteiger partial charge is 0.334 e. The first-order chi connectivity index (χ1) is 14.2. The molecule has 1 aromatic heterocycles. The summed E-state index contributed by atoms with van der Waals surface area (Å²) in [6, 6.07) is 13.2. The summed E-state index contributed by atoms with van der Waals surface area (Å²) in [5.74, 6) is -0.0823. The highest BCUT2D eigenvalue weighted by molar-refractivity contribution is 5.94. The number of amides is 2. The van der Waals surface area contributed by atoms with Crippen molar-refractivity contribution in [2.24, 2.45) is 11.1 Å². The number of hydrogen-bond acceptors (Lipinski definition) is 4. The first-order valence-corrected chi connectivity index (χ1v) is 10.6. The van der Waals surface area contributed by atoms with Crippen LogP contribution in [-0.2, 0) is 4.79 Å². The smallest absolute Gasteiger partial charge is 0.273 e. The third-order valence-corrected chi connectivity index (χ3v) is 6.52. The molecule has 0 saturated carbocycles. The van der Waals surface area contributed by atoms with Crippen LogP contribution in [0.25, 0.3) is 11.1 Å². The minimum atomic E-state index is -0.541. The van der Waals surface area contributed by atoms with Crippen LogP contribution < -0.4 is 5.73 Å². The number of hydrogen-bond donors (Lipinski definition) is 1. The molecule has 4 rings (SSSR count). The number of rotatable bonds is 3. The van der Waals surface area contributed by atoms with Gasteiger partial charge in [0.1, 0.15) is 5.69 Å². The van der Waals surface area contributed by atoms with E-state index in [9.17, 15) is 9.59 Å². The third-order valence-electron chi connectivity index (χ3n) is 6.52. The van der Waals surface area contributed by atoms with Crippen LogP contribution in [0.4, 0.5) is 0 Å². The Morgan fingerprint density at radius 3 is 2.37 bits per heavy atom. The van der Waals surface area contributed by atoms with E-state index in [1.165, 1.54) is 0 Å². The molecule has 2 bridgehead atoms. The number of carbonyl (C=O) groups excluding carboxylic acids is 2. The lowest BCUT2D eigenvalue weighted by atomic mass is 9.86. The van der Waals surface area contributed by atoms with Gasteiger partial charge in [0.05, 0.1) is 24.2 Å². The zero-order chi connectivity index (χ0) is 21.6. The number of piperazine rings is 1. The van der Waals surface area contributed by atoms with Gasteiger partial charge in [-0.05, 0) is 30.4 Å². The van der Waals surface area contributed by atoms with Gasteiger partial charge in [0.25, 0.3) is 5.91 Å². The number of pyridine rings is 1. The summed E-state index contributed by atoms with van der Waals surface area (Å²) in [5.41, 5.74) is 8.42. The highest BCUT2D eigenvalue weighted by Gasteiger charge is 2.53. The molecule has 6 heteroatoms. The van der Waals surface area contributed by atoms with Crippen molar-refractivity contribution < 1.29 is 9.59 Å². The van der Waals surface area contributed by atoms with Crippen LogP contribution in [0.3, 0.4) is 0 Å². The molecule has 2 saturated heterocycles. The van der Waals surface area contributed by atoms with Crippen LogP contribution in [0, 0.1) is 5.41 Å². The van der Waals surface area contributed by atoms with E-state index in [4.69, 9.17) is 5.73 Å². The Bertz CT molecular complexity index is 934. The fourth-order valence-electron chi connectivity index (χ4n) is 4.63. The number of likely N-dealkylation sites (tertiary alicyclic amines) is 2. The van der Waals surface area contributed by atoms with Crippen LogP contribution in [0.15, 0.2) is 48.7 Å². The van der Waals surface area contributed by atoms with Crippen molar-refractivity contribution in [3.63, 3.8) is 0 Å². The van der Waals surface area contributed by atoms with Crippen molar-refractivity contribution in [3.05, 3.63) is 54.4 Å². The summed E-state index contributed by atoms with van der Waals surface area (Å²) < 4.78 is 0. The number of fused-ring (bicyclic) bond motifs is 2. The quantitative estimate of drug-likeness (QED) is 0.850. The summed E-state index contributed by atoms with van der Waals surface area (Å²) in [6.07, 6.45) is 2.55. The Morgan fingerprint density at radius 2 is 1.80 bits per heavy atom. The van der Waals surface area contributed by atoms with Gasteiger partial charge in [-0.25, -0.2) is 0 Å². The molecule has 6 nitrogen and oxygen atoms in total. The predicted molar refractivity (Wildman–Crippen MR) is 117 cm³/mol. The van der Waals surface area contributed by atoms with Crippen molar-refractivity contribution >= 4 is 11.8 Å². The molecule has 0 spiro atoms. The van der Waals surface area contributed by atoms with Gasteiger partial charge in [0.15, 0.2) is 0 Å². The summed E-state index contributed by atoms with van der Waals surface area (Å²) in [4.78, 5) is 34.4. The average Bonchev–Trinajstić information content (AvgIpc) is 3.30. The standard InChI is InChI=1S/C24H30N4O2/c1-15-20-12-18(14-27(20)23(30)21(25)24(2,3)4)28(15)22(29)19-11-10-17(13-26-19)16-8-6-5-7-9-16/h5-11,13,15,18,20-21H,12,14,25H2,1-4H3/t15-,18-,20?,21+/m0/s1. The number of aromatic nitrogens is 1. The molecule has 2 fully saturated rings. The first kappa shape index (κ1) is 20.5. The van der Waals surface area contributed by atoms with Gasteiger partial charge in [0.2, 0.25) is 5.91 Å². The number of nitrogens with zero attached hydrogens (tertiary/aromatic N) is 3. The summed E-state index contributed by atoms with van der Waals surface area (Å²) >= 11 is 0. The maximum Gasteiger partial charge on any atom is 0.273 e. The molecular weight excluding hydrogens is 376 g/mol. The maximum absolute atomic E-state index is 13.2. The van der Waals surface area contributed by atoms with Gasteiger partial charge in [-0.3, -0.25) is 14.6 Å². The molecule has 2 aliphatic rings. The summed E-state index contributed by atoms with van der Waals surface area (Å²) in [5, 5.41) is 0. The Labute approximate surface area is 178 Å². The molecule has 1 aromatic carbocycles. The molecule has 4 atom stereocenters. The van der Waals surface area contributed by atoms with Crippen LogP contribution in [0.1, 0.15) is 44.6 Å². The van der Waals surface area contributed by atoms with Crippen molar-refractivity contribution in [2.45, 2.75) is 58.3 Å². The Balaban J connectivity index is 1.48. The SMILES string of the molecule is C[C@H]1C2C[C@@H](CN2C(=O)[C@@H](N)C(C)(C)C)N1C(=O)c1ccc(-c2ccccc2)cn1. The Kier molecular flexibility index (Phi) is 5.14. The first-order valence-electron chi connectivity index (χ1n) is 10.6. The normalized spacial score (nSPS) is 24.2. The summed E-state index contributed by atoms with van der Waals surface area (Å²) in [6.45, 7) is 8.50. The molecule has 0 radical (unpaired) electrons. The lowest BCUT2D eigenvalue weighted by molar-refractivity contribution is -0.138. The summed E-state index contributed by atoms with van der Waals surface area (Å²) in [7, 11) is 0. The lowest BCUT2D eigenvalue weighted by Gasteiger charge is -2.41. The highest BCUT2D eigenvalue weighted by Crippen LogP contribution is 2.38. The number of nitrogens with two attached hydrogens (primary N) is 1. The molecule has 0 aliphatic carbocycles. The lowest BCUT2D eigenvalue weighted by Crippen LogP contribution is -2.60. The minimum Gasteiger partial charge on any atom is -0.334 e. The molecule has 3 heterocycles. The molecule has 2 aliphatic heterocycles. The monoisotopic (exact) mass is 406 g/mol. The van der Waals surface area contributed by atoms with Gasteiger partial charge in [0, 0.05) is 18.3 Å². The van der Waals surface area contributed by atoms with E-state index in [0.717, 1.165) is 17.5 Å². The molecule has 30 heavy (non-hydrogen) atoms. The van der Waals surface area contributed by atoms with Gasteiger partial charge < -0.3 is 15.5 Å². The third kappa shape index (κ3) is 3.49. The molecule has 2 aromatic rings. The van der Waals surface area contributed by atoms with Gasteiger partial charge in [-0.15, -0.1) is 0 Å². The van der Waals surface area contributed by atoms with Gasteiger partial charge in [-0.1, -0.05) is 57.2 Å². The van der Waals surface area contributed by atoms with Crippen LogP contribution >= 0.6 is 0 Å². The van der Waals surface area contributed by atoms with E-state index in [1.807, 2.05) is 73.9 Å². The predicted octanol–water partition coefficient (Wildman–Crippen LogP) is 2.94. The van der Waals surface area contributed by atoms with E-state index in [2.05, 4.69) is 4.98 Å². The van der Waals surface area contributed by atoms with E-state index in [1.54, 1.807) is 12.3 Å². The van der Waals surface area contributed by atoms with Crippen molar-refractivity contribution in [1.29, 1.82) is 0 Å². The second kappa shape index (κ2) is 7.51. The van der Waals surface area contributed by atoms with Crippen molar-refractivity contribution in [1.82, 2.24) is 14.8 Å². The second-order valence-electron chi connectivity index (χ2n) is 9.54. The van der Waals surface area contributed by atoms with Gasteiger partial charge >= 0.3 is 0 Å². The fraction of sp³-hybridized carbons (Fsp3) is 0.458. The van der Waals surface area contributed by atoms with E-state index < -0.39 is 6.04 Å². The van der Waals surface area contributed by atoms with Crippen LogP contribution in [-0.4, -0.2) is 57.3 Å². The van der Waals surface area contributed by atoms with E-state index in [0.29, 0.717) is 12.2 Å². The van der Waals surface area contributed by atoms with Crippen molar-refractivity contribution in [3.8, 4) is 11.1 Å². The zero-order valence-corrected chi connectivity index (χ0v) is 18.1. The maximum atomic E-state index is 13.2. The molecule has 2 amide bonds. The average molecular weight is 407 g/mol. The molecule has 2 N–H and O–H groups in total.